The van der Waals surface area contributed by atoms with Gasteiger partial charge < -0.3 is 10.1 Å². The molecule has 2 N–H and O–H groups in total. The van der Waals surface area contributed by atoms with E-state index >= 15 is 0 Å². The number of carboxylic acids is 1. The summed E-state index contributed by atoms with van der Waals surface area (Å²) in [6.45, 7) is 5.96. The average molecular weight is 499 g/mol. The van der Waals surface area contributed by atoms with Gasteiger partial charge >= 0.3 is 10.8 Å². The first kappa shape index (κ1) is 22.1. The predicted octanol–water partition coefficient (Wildman–Crippen LogP) is 3.29. The number of thiazole rings is 1. The monoisotopic (exact) mass is 498 g/mol. The van der Waals surface area contributed by atoms with Gasteiger partial charge in [-0.3, -0.25) is 24.1 Å². The summed E-state index contributed by atoms with van der Waals surface area (Å²) in [4.78, 5) is 54.9. The van der Waals surface area contributed by atoms with Crippen molar-refractivity contribution in [2.24, 2.45) is 29.6 Å². The molecule has 0 spiro atoms. The predicted molar refractivity (Wildman–Crippen MR) is 128 cm³/mol. The highest BCUT2D eigenvalue weighted by Gasteiger charge is 2.69. The zero-order valence-electron chi connectivity index (χ0n) is 19.1. The number of aliphatic carboxylic acids is 1. The minimum Gasteiger partial charge on any atom is -0.480 e. The molecule has 1 saturated heterocycles. The van der Waals surface area contributed by atoms with E-state index in [-0.39, 0.29) is 51.0 Å². The molecular formula is C25H26N2O5S2. The van der Waals surface area contributed by atoms with Crippen molar-refractivity contribution in [3.63, 3.8) is 0 Å². The van der Waals surface area contributed by atoms with Gasteiger partial charge in [-0.05, 0) is 40.7 Å². The summed E-state index contributed by atoms with van der Waals surface area (Å²) in [5, 5.41) is 10.2. The number of benzene rings is 1. The summed E-state index contributed by atoms with van der Waals surface area (Å²) >= 11 is 2.88. The molecule has 2 saturated carbocycles. The Kier molecular flexibility index (Phi) is 4.75. The largest absolute Gasteiger partial charge is 0.480 e. The van der Waals surface area contributed by atoms with E-state index in [1.807, 2.05) is 0 Å². The van der Waals surface area contributed by atoms with Gasteiger partial charge in [0.05, 0.1) is 16.9 Å². The molecule has 1 aromatic carbocycles. The van der Waals surface area contributed by atoms with Crippen molar-refractivity contribution in [2.75, 3.05) is 6.54 Å². The van der Waals surface area contributed by atoms with Crippen LogP contribution in [0.3, 0.4) is 0 Å². The number of hydrogen-bond acceptors (Lipinski definition) is 6. The number of amides is 2. The van der Waals surface area contributed by atoms with Crippen molar-refractivity contribution in [3.8, 4) is 0 Å². The van der Waals surface area contributed by atoms with E-state index in [1.165, 1.54) is 16.9 Å². The number of nitrogens with one attached hydrogen (secondary N) is 1. The number of H-pyrrole nitrogens is 1. The molecule has 2 amide bonds. The number of fused-ring (bicyclic) bond motifs is 9. The van der Waals surface area contributed by atoms with Crippen molar-refractivity contribution in [1.29, 1.82) is 0 Å². The van der Waals surface area contributed by atoms with Gasteiger partial charge in [-0.2, -0.15) is 0 Å². The van der Waals surface area contributed by atoms with Crippen LogP contribution in [0.15, 0.2) is 34.1 Å². The minimum atomic E-state index is -1.17. The van der Waals surface area contributed by atoms with E-state index in [9.17, 15) is 24.3 Å². The molecule has 4 aliphatic rings. The van der Waals surface area contributed by atoms with Crippen LogP contribution >= 0.6 is 23.1 Å². The second kappa shape index (κ2) is 7.31. The summed E-state index contributed by atoms with van der Waals surface area (Å²) in [6.07, 6.45) is 0.797. The summed E-state index contributed by atoms with van der Waals surface area (Å²) in [7, 11) is 0. The smallest absolute Gasteiger partial charge is 0.323 e. The number of hydrogen-bond donors (Lipinski definition) is 2. The first-order valence-corrected chi connectivity index (χ1v) is 13.3. The van der Waals surface area contributed by atoms with Gasteiger partial charge in [0.1, 0.15) is 6.54 Å². The van der Waals surface area contributed by atoms with Crippen LogP contribution < -0.4 is 4.87 Å². The highest BCUT2D eigenvalue weighted by Crippen LogP contribution is 2.68. The van der Waals surface area contributed by atoms with Gasteiger partial charge in [0.25, 0.3) is 0 Å². The molecule has 7 atom stereocenters. The molecular weight excluding hydrogens is 472 g/mol. The zero-order chi connectivity index (χ0) is 24.1. The first-order valence-electron chi connectivity index (χ1n) is 11.6. The third-order valence-electron chi connectivity index (χ3n) is 8.24. The number of carboxylic acid groups (broad SMARTS) is 1. The lowest BCUT2D eigenvalue weighted by Crippen LogP contribution is -2.42. The zero-order valence-corrected chi connectivity index (χ0v) is 20.7. The Morgan fingerprint density at radius 2 is 1.74 bits per heavy atom. The van der Waals surface area contributed by atoms with E-state index in [2.05, 4.69) is 50.0 Å². The van der Waals surface area contributed by atoms with Crippen LogP contribution in [0, 0.1) is 29.6 Å². The standard InChI is InChI=1S/C25H26N2O5S2/c1-25(2,3)11-6-4-10(5-7-11)15-16-12-8-13(19(16)33-21-20(15)34-24(32)26-21)18-17(12)22(30)27(23(18)31)9-14(28)29/h4-7,12-13,15-19H,8-9H2,1-3H3,(H,26,32)(H,28,29)/t12?,13?,15-,16?,17?,18?,19?/m1/s1. The Labute approximate surface area is 204 Å². The normalized spacial score (nSPS) is 33.7. The number of nitrogens with zero attached hydrogens (tertiary/aromatic N) is 1. The fourth-order valence-corrected chi connectivity index (χ4v) is 9.82. The highest BCUT2D eigenvalue weighted by molar-refractivity contribution is 8.00. The van der Waals surface area contributed by atoms with E-state index in [0.717, 1.165) is 26.8 Å². The van der Waals surface area contributed by atoms with Crippen molar-refractivity contribution < 1.29 is 19.5 Å². The number of likely N-dealkylation sites (tertiary alicyclic amines) is 1. The quantitative estimate of drug-likeness (QED) is 0.629. The van der Waals surface area contributed by atoms with Crippen LogP contribution in [-0.2, 0) is 19.8 Å². The summed E-state index contributed by atoms with van der Waals surface area (Å²) in [5.74, 6) is -2.62. The Balaban J connectivity index is 1.43. The molecule has 3 fully saturated rings. The lowest BCUT2D eigenvalue weighted by Gasteiger charge is -2.43. The molecule has 6 rings (SSSR count). The number of carbonyl (C=O) groups is 3. The fraction of sp³-hybridized carbons (Fsp3) is 0.520. The molecule has 1 aromatic heterocycles. The maximum absolute atomic E-state index is 13.2. The number of aromatic nitrogens is 1. The number of imide groups is 1. The van der Waals surface area contributed by atoms with Crippen LogP contribution in [0.2, 0.25) is 0 Å². The molecule has 2 aromatic rings. The molecule has 0 radical (unpaired) electrons. The van der Waals surface area contributed by atoms with Gasteiger partial charge in [-0.25, -0.2) is 0 Å². The second-order valence-electron chi connectivity index (χ2n) is 11.0. The summed E-state index contributed by atoms with van der Waals surface area (Å²) in [5.41, 5.74) is 2.38. The van der Waals surface area contributed by atoms with E-state index in [0.29, 0.717) is 0 Å². The molecule has 178 valence electrons. The third kappa shape index (κ3) is 3.02. The topological polar surface area (TPSA) is 108 Å². The second-order valence-corrected chi connectivity index (χ2v) is 13.2. The first-order chi connectivity index (χ1) is 16.1. The lowest BCUT2D eigenvalue weighted by molar-refractivity contribution is -0.149. The van der Waals surface area contributed by atoms with Gasteiger partial charge in [0.2, 0.25) is 11.8 Å². The fourth-order valence-electron chi connectivity index (χ4n) is 6.93. The molecule has 6 unspecified atom stereocenters. The number of carbonyl (C=O) groups excluding carboxylic acids is 2. The summed E-state index contributed by atoms with van der Waals surface area (Å²) in [6, 6.07) is 8.59. The molecule has 9 heteroatoms. The van der Waals surface area contributed by atoms with E-state index < -0.39 is 24.3 Å². The van der Waals surface area contributed by atoms with Gasteiger partial charge in [-0.1, -0.05) is 56.4 Å². The Morgan fingerprint density at radius 3 is 2.35 bits per heavy atom. The molecule has 2 aliphatic heterocycles. The lowest BCUT2D eigenvalue weighted by atomic mass is 9.68. The molecule has 2 bridgehead atoms. The van der Waals surface area contributed by atoms with Crippen LogP contribution in [0.4, 0.5) is 0 Å². The van der Waals surface area contributed by atoms with Gasteiger partial charge in [0.15, 0.2) is 0 Å². The Morgan fingerprint density at radius 1 is 1.09 bits per heavy atom. The minimum absolute atomic E-state index is 0.000361. The van der Waals surface area contributed by atoms with Crippen LogP contribution in [0.1, 0.15) is 49.1 Å². The van der Waals surface area contributed by atoms with E-state index in [4.69, 9.17) is 0 Å². The SMILES string of the molecule is CC(C)(C)c1ccc([C@H]2c3sc(=O)[nH]c3SC3C4CC(C5C(=O)N(CC(=O)O)C(=O)C45)C32)cc1. The van der Waals surface area contributed by atoms with Crippen molar-refractivity contribution in [2.45, 2.75) is 48.8 Å². The van der Waals surface area contributed by atoms with Gasteiger partial charge in [-0.15, -0.1) is 11.8 Å². The molecule has 2 aliphatic carbocycles. The van der Waals surface area contributed by atoms with E-state index in [1.54, 1.807) is 11.8 Å². The van der Waals surface area contributed by atoms with Crippen LogP contribution in [0.5, 0.6) is 0 Å². The maximum atomic E-state index is 13.2. The maximum Gasteiger partial charge on any atom is 0.323 e. The highest BCUT2D eigenvalue weighted by atomic mass is 32.2. The third-order valence-corrected chi connectivity index (χ3v) is 10.8. The van der Waals surface area contributed by atoms with Gasteiger partial charge in [0, 0.05) is 16.0 Å². The summed E-state index contributed by atoms with van der Waals surface area (Å²) < 4.78 is 0. The number of thioether (sulfide) groups is 1. The number of rotatable bonds is 3. The van der Waals surface area contributed by atoms with Crippen molar-refractivity contribution >= 4 is 40.9 Å². The molecule has 34 heavy (non-hydrogen) atoms. The van der Waals surface area contributed by atoms with Crippen molar-refractivity contribution in [3.05, 3.63) is 49.9 Å². The van der Waals surface area contributed by atoms with Crippen LogP contribution in [-0.4, -0.2) is 44.6 Å². The van der Waals surface area contributed by atoms with Crippen molar-refractivity contribution in [1.82, 2.24) is 9.88 Å². The molecule has 7 nitrogen and oxygen atoms in total. The average Bonchev–Trinajstić information content (AvgIpc) is 3.48. The Bertz CT molecular complexity index is 1270. The number of aromatic amines is 1. The van der Waals surface area contributed by atoms with Crippen LogP contribution in [0.25, 0.3) is 0 Å². The molecule has 3 heterocycles. The Hall–Kier alpha value is -2.39.